The molecule has 0 aliphatic heterocycles. The fraction of sp³-hybridized carbons (Fsp3) is 0.786. The van der Waals surface area contributed by atoms with Crippen molar-refractivity contribution >= 4 is 0 Å². The molecule has 1 aromatic heterocycles. The zero-order chi connectivity index (χ0) is 11.8. The number of hydrogen-bond donors (Lipinski definition) is 1. The summed E-state index contributed by atoms with van der Waals surface area (Å²) in [6.45, 7) is 3.27. The summed E-state index contributed by atoms with van der Waals surface area (Å²) in [7, 11) is 0. The largest absolute Gasteiger partial charge is 0.335 e. The highest BCUT2D eigenvalue weighted by Gasteiger charge is 2.47. The van der Waals surface area contributed by atoms with Gasteiger partial charge in [-0.2, -0.15) is 0 Å². The van der Waals surface area contributed by atoms with E-state index in [1.54, 1.807) is 0 Å². The number of aromatic nitrogens is 2. The average Bonchev–Trinajstić information content (AvgIpc) is 2.75. The third-order valence-electron chi connectivity index (χ3n) is 4.57. The first kappa shape index (κ1) is 11.3. The predicted octanol–water partition coefficient (Wildman–Crippen LogP) is 2.21. The third kappa shape index (κ3) is 2.25. The molecule has 3 heteroatoms. The molecule has 0 saturated heterocycles. The Bertz CT molecular complexity index is 375. The molecule has 0 bridgehead atoms. The Labute approximate surface area is 103 Å². The highest BCUT2D eigenvalue weighted by Crippen LogP contribution is 2.55. The number of rotatable bonds is 5. The van der Waals surface area contributed by atoms with Crippen molar-refractivity contribution in [1.82, 2.24) is 9.55 Å². The Kier molecular flexibility index (Phi) is 2.95. The van der Waals surface area contributed by atoms with Crippen molar-refractivity contribution in [2.75, 3.05) is 0 Å². The molecular formula is C14H23N3. The summed E-state index contributed by atoms with van der Waals surface area (Å²) in [5.41, 5.74) is 6.36. The topological polar surface area (TPSA) is 43.8 Å². The van der Waals surface area contributed by atoms with Crippen LogP contribution in [0.5, 0.6) is 0 Å². The Morgan fingerprint density at radius 3 is 2.88 bits per heavy atom. The number of aryl methyl sites for hydroxylation is 1. The van der Waals surface area contributed by atoms with Crippen LogP contribution in [0.2, 0.25) is 0 Å². The number of nitrogens with zero attached hydrogens (tertiary/aromatic N) is 2. The van der Waals surface area contributed by atoms with Crippen LogP contribution in [-0.4, -0.2) is 15.6 Å². The number of imidazole rings is 1. The van der Waals surface area contributed by atoms with Gasteiger partial charge in [-0.15, -0.1) is 0 Å². The van der Waals surface area contributed by atoms with Crippen molar-refractivity contribution in [2.24, 2.45) is 23.5 Å². The van der Waals surface area contributed by atoms with E-state index in [-0.39, 0.29) is 0 Å². The van der Waals surface area contributed by atoms with Crippen molar-refractivity contribution in [1.29, 1.82) is 0 Å². The van der Waals surface area contributed by atoms with E-state index in [9.17, 15) is 0 Å². The van der Waals surface area contributed by atoms with Crippen LogP contribution in [0, 0.1) is 17.8 Å². The van der Waals surface area contributed by atoms with Gasteiger partial charge < -0.3 is 10.3 Å². The maximum atomic E-state index is 6.36. The molecule has 1 heterocycles. The highest BCUT2D eigenvalue weighted by atomic mass is 15.1. The van der Waals surface area contributed by atoms with Crippen LogP contribution in [0.25, 0.3) is 0 Å². The second kappa shape index (κ2) is 4.45. The van der Waals surface area contributed by atoms with Crippen molar-refractivity contribution < 1.29 is 0 Å². The maximum absolute atomic E-state index is 6.36. The zero-order valence-corrected chi connectivity index (χ0v) is 10.7. The van der Waals surface area contributed by atoms with Crippen LogP contribution in [0.15, 0.2) is 12.4 Å². The van der Waals surface area contributed by atoms with E-state index in [4.69, 9.17) is 5.73 Å². The quantitative estimate of drug-likeness (QED) is 0.847. The summed E-state index contributed by atoms with van der Waals surface area (Å²) in [5.74, 6) is 3.99. The molecule has 3 unspecified atom stereocenters. The van der Waals surface area contributed by atoms with Gasteiger partial charge in [-0.05, 0) is 43.4 Å². The molecule has 0 radical (unpaired) electrons. The van der Waals surface area contributed by atoms with Crippen molar-refractivity contribution in [3.05, 3.63) is 18.2 Å². The molecule has 3 nitrogen and oxygen atoms in total. The van der Waals surface area contributed by atoms with Crippen LogP contribution in [-0.2, 0) is 13.0 Å². The van der Waals surface area contributed by atoms with Gasteiger partial charge in [0.1, 0.15) is 5.82 Å². The number of hydrogen-bond acceptors (Lipinski definition) is 2. The van der Waals surface area contributed by atoms with E-state index in [1.165, 1.54) is 25.1 Å². The van der Waals surface area contributed by atoms with Gasteiger partial charge in [0, 0.05) is 31.4 Å². The summed E-state index contributed by atoms with van der Waals surface area (Å²) < 4.78 is 2.26. The molecule has 2 fully saturated rings. The van der Waals surface area contributed by atoms with E-state index in [1.807, 2.05) is 6.20 Å². The van der Waals surface area contributed by atoms with E-state index >= 15 is 0 Å². The Morgan fingerprint density at radius 2 is 2.18 bits per heavy atom. The third-order valence-corrected chi connectivity index (χ3v) is 4.57. The fourth-order valence-electron chi connectivity index (χ4n) is 3.46. The van der Waals surface area contributed by atoms with Gasteiger partial charge in [-0.1, -0.05) is 6.92 Å². The molecule has 17 heavy (non-hydrogen) atoms. The van der Waals surface area contributed by atoms with E-state index < -0.39 is 0 Å². The SMILES string of the molecule is CCCn1ccnc1CC(N)C1CC2CC2C1. The lowest BCUT2D eigenvalue weighted by Crippen LogP contribution is -2.32. The predicted molar refractivity (Wildman–Crippen MR) is 68.5 cm³/mol. The van der Waals surface area contributed by atoms with Gasteiger partial charge in [-0.3, -0.25) is 0 Å². The summed E-state index contributed by atoms with van der Waals surface area (Å²) in [6, 6.07) is 0.320. The number of fused-ring (bicyclic) bond motifs is 1. The molecule has 94 valence electrons. The summed E-state index contributed by atoms with van der Waals surface area (Å²) in [4.78, 5) is 4.46. The molecule has 2 aliphatic rings. The van der Waals surface area contributed by atoms with Crippen molar-refractivity contribution in [3.8, 4) is 0 Å². The molecule has 0 aromatic carbocycles. The van der Waals surface area contributed by atoms with E-state index in [2.05, 4.69) is 22.7 Å². The second-order valence-electron chi connectivity index (χ2n) is 5.89. The molecule has 0 spiro atoms. The van der Waals surface area contributed by atoms with E-state index in [0.29, 0.717) is 6.04 Å². The van der Waals surface area contributed by atoms with Crippen LogP contribution in [0.1, 0.15) is 38.4 Å². The first-order chi connectivity index (χ1) is 8.28. The molecular weight excluding hydrogens is 210 g/mol. The first-order valence-corrected chi connectivity index (χ1v) is 7.03. The van der Waals surface area contributed by atoms with Crippen molar-refractivity contribution in [3.63, 3.8) is 0 Å². The molecule has 2 saturated carbocycles. The zero-order valence-electron chi connectivity index (χ0n) is 10.7. The van der Waals surface area contributed by atoms with Gasteiger partial charge in [0.25, 0.3) is 0 Å². The molecule has 3 atom stereocenters. The Morgan fingerprint density at radius 1 is 1.41 bits per heavy atom. The minimum Gasteiger partial charge on any atom is -0.335 e. The van der Waals surface area contributed by atoms with Gasteiger partial charge in [0.15, 0.2) is 0 Å². The Hall–Kier alpha value is -0.830. The van der Waals surface area contributed by atoms with Crippen LogP contribution >= 0.6 is 0 Å². The van der Waals surface area contributed by atoms with Gasteiger partial charge in [-0.25, -0.2) is 4.98 Å². The van der Waals surface area contributed by atoms with Gasteiger partial charge >= 0.3 is 0 Å². The first-order valence-electron chi connectivity index (χ1n) is 7.03. The summed E-state index contributed by atoms with van der Waals surface area (Å²) in [5, 5.41) is 0. The number of nitrogens with two attached hydrogens (primary N) is 1. The average molecular weight is 233 g/mol. The summed E-state index contributed by atoms with van der Waals surface area (Å²) in [6.07, 6.45) is 10.3. The standard InChI is InChI=1S/C14H23N3/c1-2-4-17-5-3-16-14(17)9-13(15)12-7-10-6-11(10)8-12/h3,5,10-13H,2,4,6-9,15H2,1H3. The Balaban J connectivity index is 1.59. The minimum atomic E-state index is 0.320. The lowest BCUT2D eigenvalue weighted by atomic mass is 9.93. The normalized spacial score (nSPS) is 32.5. The second-order valence-corrected chi connectivity index (χ2v) is 5.89. The van der Waals surface area contributed by atoms with Crippen molar-refractivity contribution in [2.45, 2.75) is 51.6 Å². The molecule has 1 aromatic rings. The monoisotopic (exact) mass is 233 g/mol. The van der Waals surface area contributed by atoms with Crippen LogP contribution in [0.3, 0.4) is 0 Å². The van der Waals surface area contributed by atoms with Gasteiger partial charge in [0.05, 0.1) is 0 Å². The summed E-state index contributed by atoms with van der Waals surface area (Å²) >= 11 is 0. The lowest BCUT2D eigenvalue weighted by Gasteiger charge is -2.20. The minimum absolute atomic E-state index is 0.320. The smallest absolute Gasteiger partial charge is 0.110 e. The fourth-order valence-corrected chi connectivity index (χ4v) is 3.46. The van der Waals surface area contributed by atoms with Crippen LogP contribution in [0.4, 0.5) is 0 Å². The molecule has 2 N–H and O–H groups in total. The van der Waals surface area contributed by atoms with Crippen LogP contribution < -0.4 is 5.73 Å². The van der Waals surface area contributed by atoms with E-state index in [0.717, 1.165) is 37.1 Å². The molecule has 0 amide bonds. The lowest BCUT2D eigenvalue weighted by molar-refractivity contribution is 0.384. The molecule has 2 aliphatic carbocycles. The highest BCUT2D eigenvalue weighted by molar-refractivity contribution is 5.02. The maximum Gasteiger partial charge on any atom is 0.110 e. The van der Waals surface area contributed by atoms with Gasteiger partial charge in [0.2, 0.25) is 0 Å². The molecule has 3 rings (SSSR count).